The van der Waals surface area contributed by atoms with Gasteiger partial charge in [0.2, 0.25) is 0 Å². The second-order valence-corrected chi connectivity index (χ2v) is 9.14. The van der Waals surface area contributed by atoms with Gasteiger partial charge in [0.1, 0.15) is 0 Å². The summed E-state index contributed by atoms with van der Waals surface area (Å²) in [6.45, 7) is 18.0. The van der Waals surface area contributed by atoms with Gasteiger partial charge >= 0.3 is 72.4 Å². The summed E-state index contributed by atoms with van der Waals surface area (Å²) >= 11 is 0. The fourth-order valence-corrected chi connectivity index (χ4v) is 3.31. The first-order valence-corrected chi connectivity index (χ1v) is 13.3. The molecule has 208 valence electrons. The van der Waals surface area contributed by atoms with Crippen molar-refractivity contribution in [2.45, 2.75) is 80.1 Å². The minimum Gasteiger partial charge on any atom is -0.665 e. The van der Waals surface area contributed by atoms with Crippen molar-refractivity contribution in [1.82, 2.24) is 15.0 Å². The number of ether oxygens (including phenoxy) is 3. The molecule has 3 aliphatic rings. The average molecular weight is 634 g/mol. The summed E-state index contributed by atoms with van der Waals surface area (Å²) in [6, 6.07) is 12.1. The van der Waals surface area contributed by atoms with Crippen molar-refractivity contribution in [1.29, 1.82) is 0 Å². The topological polar surface area (TPSA) is 70.0 Å². The van der Waals surface area contributed by atoms with E-state index in [0.29, 0.717) is 0 Å². The van der Waals surface area contributed by atoms with Gasteiger partial charge in [-0.05, 0) is 38.5 Å². The third-order valence-electron chi connectivity index (χ3n) is 5.24. The van der Waals surface area contributed by atoms with E-state index in [2.05, 4.69) is 15.0 Å². The zero-order chi connectivity index (χ0) is 26.4. The Morgan fingerprint density at radius 2 is 0.553 bits per heavy atom. The van der Waals surface area contributed by atoms with Crippen molar-refractivity contribution in [2.75, 3.05) is 39.6 Å². The summed E-state index contributed by atoms with van der Waals surface area (Å²) in [5.41, 5.74) is 6.65. The monoisotopic (exact) mass is 635 g/mol. The summed E-state index contributed by atoms with van der Waals surface area (Å²) in [7, 11) is 0. The van der Waals surface area contributed by atoms with E-state index >= 15 is 0 Å². The first kappa shape index (κ1) is 40.2. The van der Waals surface area contributed by atoms with Crippen LogP contribution in [0.5, 0.6) is 0 Å². The Kier molecular flexibility index (Phi) is 28.8. The van der Waals surface area contributed by atoms with Gasteiger partial charge in [-0.15, -0.1) is 0 Å². The van der Waals surface area contributed by atoms with Gasteiger partial charge < -0.3 is 29.2 Å². The SMILES string of the molecule is C1CCOC1.C1CCOC1.C1CCOC1.Cc1ccc(C)[n-]1.Cc1ccc(C)[n-]1.Cc1ccc(C)[n-]1.[K+].[Mo+2]. The van der Waals surface area contributed by atoms with Crippen LogP contribution in [0.2, 0.25) is 0 Å². The van der Waals surface area contributed by atoms with Crippen LogP contribution in [0.3, 0.4) is 0 Å². The van der Waals surface area contributed by atoms with Gasteiger partial charge in [0.05, 0.1) is 0 Å². The van der Waals surface area contributed by atoms with E-state index in [9.17, 15) is 0 Å². The zero-order valence-corrected chi connectivity index (χ0v) is 30.1. The van der Waals surface area contributed by atoms with E-state index in [4.69, 9.17) is 14.2 Å². The molecule has 6 nitrogen and oxygen atoms in total. The summed E-state index contributed by atoms with van der Waals surface area (Å²) in [5.74, 6) is 0. The van der Waals surface area contributed by atoms with Crippen molar-refractivity contribution in [3.05, 3.63) is 70.6 Å². The van der Waals surface area contributed by atoms with Crippen LogP contribution in [0.25, 0.3) is 0 Å². The van der Waals surface area contributed by atoms with Crippen molar-refractivity contribution in [2.24, 2.45) is 0 Å². The minimum absolute atomic E-state index is 0. The van der Waals surface area contributed by atoms with E-state index in [1.165, 1.54) is 38.5 Å². The van der Waals surface area contributed by atoms with Gasteiger partial charge in [0.15, 0.2) is 0 Å². The Bertz CT molecular complexity index is 696. The molecule has 0 bridgehead atoms. The van der Waals surface area contributed by atoms with Gasteiger partial charge in [-0.2, -0.15) is 34.2 Å². The van der Waals surface area contributed by atoms with Crippen LogP contribution in [0, 0.1) is 41.5 Å². The molecule has 8 heteroatoms. The van der Waals surface area contributed by atoms with Gasteiger partial charge in [-0.1, -0.05) is 77.9 Å². The molecular weight excluding hydrogens is 585 g/mol. The van der Waals surface area contributed by atoms with Crippen molar-refractivity contribution in [3.8, 4) is 0 Å². The predicted octanol–water partition coefficient (Wildman–Crippen LogP) is 3.17. The first-order chi connectivity index (χ1) is 17.4. The summed E-state index contributed by atoms with van der Waals surface area (Å²) < 4.78 is 14.8. The van der Waals surface area contributed by atoms with Crippen LogP contribution in [-0.4, -0.2) is 39.6 Å². The quantitative estimate of drug-likeness (QED) is 0.355. The average Bonchev–Trinajstić information content (AvgIpc) is 3.66. The number of nitrogens with zero attached hydrogens (tertiary/aromatic N) is 3. The molecule has 0 N–H and O–H groups in total. The Balaban J connectivity index is 0. The predicted molar refractivity (Wildman–Crippen MR) is 148 cm³/mol. The summed E-state index contributed by atoms with van der Waals surface area (Å²) in [4.78, 5) is 12.3. The van der Waals surface area contributed by atoms with Crippen LogP contribution in [0.1, 0.15) is 72.7 Å². The largest absolute Gasteiger partial charge is 2.00 e. The zero-order valence-electron chi connectivity index (χ0n) is 24.9. The molecule has 3 aromatic rings. The molecule has 3 aliphatic heterocycles. The maximum absolute atomic E-state index is 4.94. The normalized spacial score (nSPS) is 14.7. The number of hydrogen-bond donors (Lipinski definition) is 0. The molecule has 3 saturated heterocycles. The number of aromatic nitrogens is 3. The third kappa shape index (κ3) is 25.0. The molecule has 0 spiro atoms. The molecule has 6 heterocycles. The van der Waals surface area contributed by atoms with Crippen molar-refractivity contribution in [3.63, 3.8) is 0 Å². The molecule has 3 fully saturated rings. The van der Waals surface area contributed by atoms with Crippen LogP contribution < -0.4 is 66.3 Å². The van der Waals surface area contributed by atoms with Crippen molar-refractivity contribution >= 4 is 0 Å². The molecule has 6 rings (SSSR count). The fraction of sp³-hybridized carbons (Fsp3) is 0.600. The van der Waals surface area contributed by atoms with Crippen molar-refractivity contribution < 1.29 is 86.7 Å². The number of rotatable bonds is 0. The molecule has 0 radical (unpaired) electrons. The van der Waals surface area contributed by atoms with Gasteiger partial charge in [0.25, 0.3) is 0 Å². The molecule has 0 atom stereocenters. The molecular formula is C30H48KMoN3O3. The van der Waals surface area contributed by atoms with E-state index in [-0.39, 0.29) is 72.4 Å². The van der Waals surface area contributed by atoms with Gasteiger partial charge in [-0.3, -0.25) is 0 Å². The molecule has 3 aromatic heterocycles. The van der Waals surface area contributed by atoms with Crippen LogP contribution >= 0.6 is 0 Å². The van der Waals surface area contributed by atoms with Crippen LogP contribution in [0.4, 0.5) is 0 Å². The third-order valence-corrected chi connectivity index (χ3v) is 5.24. The summed E-state index contributed by atoms with van der Waals surface area (Å²) in [5, 5.41) is 0. The van der Waals surface area contributed by atoms with Crippen LogP contribution in [-0.2, 0) is 35.3 Å². The second-order valence-electron chi connectivity index (χ2n) is 9.14. The van der Waals surface area contributed by atoms with E-state index < -0.39 is 0 Å². The molecule has 0 aromatic carbocycles. The first-order valence-electron chi connectivity index (χ1n) is 13.3. The molecule has 0 unspecified atom stereocenters. The van der Waals surface area contributed by atoms with Gasteiger partial charge in [-0.25, -0.2) is 0 Å². The van der Waals surface area contributed by atoms with Crippen LogP contribution in [0.15, 0.2) is 36.4 Å². The maximum atomic E-state index is 4.94. The Labute approximate surface area is 288 Å². The Morgan fingerprint density at radius 1 is 0.395 bits per heavy atom. The molecule has 0 aliphatic carbocycles. The minimum atomic E-state index is 0. The molecule has 38 heavy (non-hydrogen) atoms. The second kappa shape index (κ2) is 27.2. The Hall–Kier alpha value is 0.0447. The maximum Gasteiger partial charge on any atom is 2.00 e. The number of aryl methyl sites for hydroxylation is 6. The smallest absolute Gasteiger partial charge is 0.665 e. The Morgan fingerprint density at radius 3 is 0.605 bits per heavy atom. The van der Waals surface area contributed by atoms with E-state index in [0.717, 1.165) is 73.8 Å². The number of hydrogen-bond acceptors (Lipinski definition) is 3. The van der Waals surface area contributed by atoms with E-state index in [1.54, 1.807) is 0 Å². The molecule has 0 saturated carbocycles. The van der Waals surface area contributed by atoms with E-state index in [1.807, 2.05) is 77.9 Å². The molecule has 0 amide bonds. The summed E-state index contributed by atoms with van der Waals surface area (Å²) in [6.07, 6.45) is 7.67. The van der Waals surface area contributed by atoms with Gasteiger partial charge in [0, 0.05) is 39.6 Å². The fourth-order valence-electron chi connectivity index (χ4n) is 3.31. The standard InChI is InChI=1S/3C6H8N.3C4H8O.K.Mo/c3*1-5-3-4-6(2)7-5;3*1-2-4-5-3-1;;/h3*3-4H,1-2H3;3*1-4H2;;/q3*-1;;;;+1;+2.